The van der Waals surface area contributed by atoms with Crippen molar-refractivity contribution in [3.63, 3.8) is 0 Å². The predicted octanol–water partition coefficient (Wildman–Crippen LogP) is 1.82. The summed E-state index contributed by atoms with van der Waals surface area (Å²) in [4.78, 5) is 98.5. The number of phosphoric ester groups is 3. The van der Waals surface area contributed by atoms with Crippen molar-refractivity contribution in [2.45, 2.75) is 109 Å². The Hall–Kier alpha value is -3.23. The third-order valence-electron chi connectivity index (χ3n) is 9.19. The summed E-state index contributed by atoms with van der Waals surface area (Å²) >= 11 is 1.09. The molecule has 2 aromatic heterocycles. The number of carbonyl (C=O) groups is 4. The molecule has 0 aromatic carbocycles. The highest BCUT2D eigenvalue weighted by molar-refractivity contribution is 8.13. The Labute approximate surface area is 371 Å². The Balaban J connectivity index is 1.35. The third kappa shape index (κ3) is 19.3. The number of imidazole rings is 1. The zero-order valence-corrected chi connectivity index (χ0v) is 38.4. The molecule has 0 aliphatic carbocycles. The average molecular weight is 992 g/mol. The van der Waals surface area contributed by atoms with Gasteiger partial charge in [0.25, 0.3) is 0 Å². The lowest BCUT2D eigenvalue weighted by atomic mass is 9.87. The lowest BCUT2D eigenvalue weighted by Crippen LogP contribution is -2.46. The molecular weight excluding hydrogens is 935 g/mol. The predicted molar refractivity (Wildman–Crippen MR) is 225 cm³/mol. The number of nitrogen functional groups attached to an aromatic ring is 1. The topological polar surface area (TPSA) is 401 Å². The van der Waals surface area contributed by atoms with E-state index in [1.54, 1.807) is 0 Å². The number of thioether (sulfide) groups is 1. The van der Waals surface area contributed by atoms with Crippen molar-refractivity contribution in [1.82, 2.24) is 30.2 Å². The number of hydrogen-bond donors (Lipinski definition) is 10. The van der Waals surface area contributed by atoms with Crippen LogP contribution in [0.1, 0.15) is 84.3 Å². The van der Waals surface area contributed by atoms with Gasteiger partial charge in [-0.25, -0.2) is 28.6 Å². The molecule has 11 N–H and O–H groups in total. The first-order valence-corrected chi connectivity index (χ1v) is 25.3. The largest absolute Gasteiger partial charge is 0.481 e. The molecule has 0 saturated carbocycles. The monoisotopic (exact) mass is 991 g/mol. The number of aromatic nitrogens is 4. The van der Waals surface area contributed by atoms with Crippen molar-refractivity contribution in [2.24, 2.45) is 5.41 Å². The maximum atomic E-state index is 12.7. The summed E-state index contributed by atoms with van der Waals surface area (Å²) in [5, 5.41) is 35.1. The standard InChI is InChI=1S/C34H56N7O19P3S/c1-34(2,29(47)32(48)37-15-14-23(42)36-16-17-64-25(45)13-11-9-7-5-3-4-6-8-10-12-24(43)44)19-57-63(54,55)60-62(52,53)56-18-22-28(59-61(49,50)51)27(46)33(58-22)41-21-40-26-30(35)38-20-39-31(26)41/h3,5,20-22,27-29,33,46-47H,4,6-19H2,1-2H3,(H,36,42)(H,37,48)(H,43,44)(H,52,53)(H,54,55)(H2,35,38,39)(H2,49,50,51)/b5-3+. The van der Waals surface area contributed by atoms with Gasteiger partial charge in [-0.1, -0.05) is 44.2 Å². The number of unbranched alkanes of at least 4 members (excludes halogenated alkanes) is 5. The number of anilines is 1. The first kappa shape index (κ1) is 55.1. The molecule has 3 rings (SSSR count). The van der Waals surface area contributed by atoms with Crippen molar-refractivity contribution >= 4 is 75.1 Å². The van der Waals surface area contributed by atoms with Crippen molar-refractivity contribution in [3.05, 3.63) is 24.8 Å². The van der Waals surface area contributed by atoms with Crippen LogP contribution in [0.5, 0.6) is 0 Å². The van der Waals surface area contributed by atoms with Crippen LogP contribution in [0, 0.1) is 5.41 Å². The first-order valence-electron chi connectivity index (χ1n) is 19.8. The molecule has 0 bridgehead atoms. The highest BCUT2D eigenvalue weighted by atomic mass is 32.2. The SMILES string of the molecule is CC(C)(COP(=O)(O)OP(=O)(O)OCC1OC(n2cnc3c(N)ncnc32)C(O)C1OP(=O)(O)O)C(O)C(=O)NCCC(=O)NCCSC(=O)CCCC/C=C/CCCCCC(=O)O. The van der Waals surface area contributed by atoms with E-state index < -0.39 is 90.5 Å². The minimum absolute atomic E-state index is 0.00593. The van der Waals surface area contributed by atoms with E-state index in [2.05, 4.69) is 46.6 Å². The molecule has 1 aliphatic heterocycles. The van der Waals surface area contributed by atoms with Gasteiger partial charge >= 0.3 is 29.4 Å². The molecule has 26 nitrogen and oxygen atoms in total. The zero-order valence-electron chi connectivity index (χ0n) is 34.9. The molecule has 7 atom stereocenters. The van der Waals surface area contributed by atoms with E-state index in [4.69, 9.17) is 24.6 Å². The van der Waals surface area contributed by atoms with Gasteiger partial charge in [0, 0.05) is 43.5 Å². The minimum atomic E-state index is -5.58. The van der Waals surface area contributed by atoms with E-state index >= 15 is 0 Å². The van der Waals surface area contributed by atoms with Gasteiger partial charge in [-0.3, -0.25) is 37.3 Å². The number of carboxylic acids is 1. The number of nitrogens with one attached hydrogen (secondary N) is 2. The minimum Gasteiger partial charge on any atom is -0.481 e. The summed E-state index contributed by atoms with van der Waals surface area (Å²) in [5.41, 5.74) is 4.24. The van der Waals surface area contributed by atoms with Crippen LogP contribution in [0.2, 0.25) is 0 Å². The summed E-state index contributed by atoms with van der Waals surface area (Å²) in [5.74, 6) is -1.92. The van der Waals surface area contributed by atoms with Crippen molar-refractivity contribution < 1.29 is 90.4 Å². The third-order valence-corrected chi connectivity index (χ3v) is 13.2. The van der Waals surface area contributed by atoms with E-state index in [1.165, 1.54) is 13.8 Å². The average Bonchev–Trinajstić information content (AvgIpc) is 3.76. The Bertz CT molecular complexity index is 2060. The van der Waals surface area contributed by atoms with Crippen LogP contribution in [0.4, 0.5) is 5.82 Å². The summed E-state index contributed by atoms with van der Waals surface area (Å²) < 4.78 is 62.3. The fourth-order valence-electron chi connectivity index (χ4n) is 5.85. The molecule has 2 aromatic rings. The van der Waals surface area contributed by atoms with Crippen LogP contribution in [-0.4, -0.2) is 134 Å². The number of phosphoric acid groups is 3. The molecule has 362 valence electrons. The van der Waals surface area contributed by atoms with E-state index in [0.29, 0.717) is 18.6 Å². The number of nitrogens with zero attached hydrogens (tertiary/aromatic N) is 4. The van der Waals surface area contributed by atoms with Crippen LogP contribution in [0.25, 0.3) is 11.2 Å². The molecular formula is C34H56N7O19P3S. The van der Waals surface area contributed by atoms with Crippen LogP contribution < -0.4 is 16.4 Å². The molecule has 0 spiro atoms. The van der Waals surface area contributed by atoms with E-state index in [9.17, 15) is 62.7 Å². The second kappa shape index (κ2) is 25.6. The molecule has 30 heteroatoms. The number of ether oxygens (including phenoxy) is 1. The fourth-order valence-corrected chi connectivity index (χ4v) is 9.40. The summed E-state index contributed by atoms with van der Waals surface area (Å²) in [6.07, 6.45) is 3.50. The number of rotatable bonds is 30. The summed E-state index contributed by atoms with van der Waals surface area (Å²) in [6, 6.07) is 0. The number of aliphatic hydroxyl groups excluding tert-OH is 2. The number of aliphatic hydroxyl groups is 2. The Kier molecular flexibility index (Phi) is 22.1. The van der Waals surface area contributed by atoms with Gasteiger partial charge in [0.15, 0.2) is 22.8 Å². The number of fused-ring (bicyclic) bond motifs is 1. The van der Waals surface area contributed by atoms with Crippen LogP contribution in [-0.2, 0) is 55.5 Å². The molecule has 2 amide bonds. The van der Waals surface area contributed by atoms with Crippen molar-refractivity contribution in [3.8, 4) is 0 Å². The van der Waals surface area contributed by atoms with Crippen LogP contribution in [0.15, 0.2) is 24.8 Å². The summed E-state index contributed by atoms with van der Waals surface area (Å²) in [7, 11) is -16.4. The number of aliphatic carboxylic acids is 1. The van der Waals surface area contributed by atoms with Crippen LogP contribution in [0.3, 0.4) is 0 Å². The van der Waals surface area contributed by atoms with E-state index in [0.717, 1.165) is 67.5 Å². The zero-order chi connectivity index (χ0) is 47.7. The van der Waals surface area contributed by atoms with Gasteiger partial charge in [0.05, 0.1) is 19.5 Å². The van der Waals surface area contributed by atoms with Gasteiger partial charge in [-0.2, -0.15) is 4.31 Å². The molecule has 1 fully saturated rings. The van der Waals surface area contributed by atoms with Crippen LogP contribution >= 0.6 is 35.2 Å². The van der Waals surface area contributed by atoms with Gasteiger partial charge in [-0.15, -0.1) is 0 Å². The lowest BCUT2D eigenvalue weighted by molar-refractivity contribution is -0.137. The van der Waals surface area contributed by atoms with Crippen molar-refractivity contribution in [1.29, 1.82) is 0 Å². The van der Waals surface area contributed by atoms with E-state index in [-0.39, 0.29) is 48.0 Å². The molecule has 3 heterocycles. The highest BCUT2D eigenvalue weighted by Gasteiger charge is 2.50. The number of allylic oxidation sites excluding steroid dienone is 2. The number of carbonyl (C=O) groups excluding carboxylic acids is 3. The Morgan fingerprint density at radius 2 is 1.59 bits per heavy atom. The Morgan fingerprint density at radius 3 is 2.27 bits per heavy atom. The van der Waals surface area contributed by atoms with Gasteiger partial charge in [-0.05, 0) is 38.5 Å². The molecule has 1 saturated heterocycles. The lowest BCUT2D eigenvalue weighted by Gasteiger charge is -2.30. The van der Waals surface area contributed by atoms with Crippen molar-refractivity contribution in [2.75, 3.05) is 37.8 Å². The molecule has 0 radical (unpaired) electrons. The molecule has 7 unspecified atom stereocenters. The van der Waals surface area contributed by atoms with Gasteiger partial charge in [0.2, 0.25) is 11.8 Å². The number of amides is 2. The number of nitrogens with two attached hydrogens (primary N) is 1. The van der Waals surface area contributed by atoms with Gasteiger partial charge < -0.3 is 56.0 Å². The maximum Gasteiger partial charge on any atom is 0.481 e. The summed E-state index contributed by atoms with van der Waals surface area (Å²) in [6.45, 7) is 0.445. The number of hydrogen-bond acceptors (Lipinski definition) is 19. The highest BCUT2D eigenvalue weighted by Crippen LogP contribution is 2.61. The second-order valence-electron chi connectivity index (χ2n) is 15.0. The smallest absolute Gasteiger partial charge is 0.481 e. The quantitative estimate of drug-likeness (QED) is 0.0303. The first-order chi connectivity index (χ1) is 29.9. The number of carboxylic acid groups (broad SMARTS) is 1. The maximum absolute atomic E-state index is 12.7. The second-order valence-corrected chi connectivity index (χ2v) is 20.4. The molecule has 64 heavy (non-hydrogen) atoms. The molecule has 1 aliphatic rings. The van der Waals surface area contributed by atoms with E-state index in [1.807, 2.05) is 0 Å². The fraction of sp³-hybridized carbons (Fsp3) is 0.676. The Morgan fingerprint density at radius 1 is 0.938 bits per heavy atom. The normalized spacial score (nSPS) is 20.5. The van der Waals surface area contributed by atoms with Gasteiger partial charge in [0.1, 0.15) is 36.3 Å².